The quantitative estimate of drug-likeness (QED) is 0.903. The smallest absolute Gasteiger partial charge is 0.224 e. The van der Waals surface area contributed by atoms with Crippen molar-refractivity contribution in [2.75, 3.05) is 13.7 Å². The maximum atomic E-state index is 11.5. The molecule has 88 valence electrons. The number of nitrogens with one attached hydrogen (secondary N) is 1. The fourth-order valence-corrected chi connectivity index (χ4v) is 1.92. The average molecular weight is 286 g/mol. The van der Waals surface area contributed by atoms with Crippen LogP contribution in [0.3, 0.4) is 0 Å². The lowest BCUT2D eigenvalue weighted by Crippen LogP contribution is -2.25. The van der Waals surface area contributed by atoms with Gasteiger partial charge < -0.3 is 10.1 Å². The highest BCUT2D eigenvalue weighted by atomic mass is 79.9. The molecule has 16 heavy (non-hydrogen) atoms. The molecule has 0 spiro atoms. The highest BCUT2D eigenvalue weighted by molar-refractivity contribution is 9.10. The second-order valence-electron chi connectivity index (χ2n) is 3.50. The molecule has 0 saturated carbocycles. The Labute approximate surface area is 104 Å². The largest absolute Gasteiger partial charge is 0.496 e. The topological polar surface area (TPSA) is 38.3 Å². The van der Waals surface area contributed by atoms with Crippen LogP contribution in [0.5, 0.6) is 5.75 Å². The van der Waals surface area contributed by atoms with Gasteiger partial charge in [-0.15, -0.1) is 0 Å². The minimum Gasteiger partial charge on any atom is -0.496 e. The molecule has 0 saturated heterocycles. The molecule has 0 radical (unpaired) electrons. The lowest BCUT2D eigenvalue weighted by Gasteiger charge is -2.06. The van der Waals surface area contributed by atoms with Crippen LogP contribution in [0, 0.1) is 0 Å². The molecule has 0 aliphatic carbocycles. The normalized spacial score (nSPS) is 9.94. The summed E-state index contributed by atoms with van der Waals surface area (Å²) in [6.07, 6.45) is 1.36. The summed E-state index contributed by atoms with van der Waals surface area (Å²) in [5.74, 6) is 0.830. The van der Waals surface area contributed by atoms with Crippen LogP contribution in [0.4, 0.5) is 0 Å². The average Bonchev–Trinajstić information content (AvgIpc) is 2.26. The van der Waals surface area contributed by atoms with Gasteiger partial charge in [-0.3, -0.25) is 4.79 Å². The molecule has 4 heteroatoms. The molecule has 3 nitrogen and oxygen atoms in total. The van der Waals surface area contributed by atoms with Gasteiger partial charge in [0.05, 0.1) is 18.0 Å². The molecular weight excluding hydrogens is 270 g/mol. The van der Waals surface area contributed by atoms with E-state index in [1.54, 1.807) is 7.11 Å². The number of carbonyl (C=O) groups is 1. The molecule has 1 rings (SSSR count). The molecule has 0 aliphatic rings. The lowest BCUT2D eigenvalue weighted by atomic mass is 10.1. The van der Waals surface area contributed by atoms with Crippen LogP contribution in [0.25, 0.3) is 0 Å². The zero-order chi connectivity index (χ0) is 12.0. The molecule has 1 aromatic carbocycles. The summed E-state index contributed by atoms with van der Waals surface area (Å²) in [5, 5.41) is 2.84. The maximum absolute atomic E-state index is 11.5. The van der Waals surface area contributed by atoms with Crippen LogP contribution >= 0.6 is 15.9 Å². The Kier molecular flexibility index (Phi) is 5.32. The van der Waals surface area contributed by atoms with Crippen molar-refractivity contribution in [2.24, 2.45) is 0 Å². The maximum Gasteiger partial charge on any atom is 0.224 e. The molecule has 0 unspecified atom stereocenters. The van der Waals surface area contributed by atoms with E-state index in [9.17, 15) is 4.79 Å². The van der Waals surface area contributed by atoms with Crippen molar-refractivity contribution in [1.82, 2.24) is 5.32 Å². The van der Waals surface area contributed by atoms with Crippen molar-refractivity contribution in [2.45, 2.75) is 19.8 Å². The number of benzene rings is 1. The fraction of sp³-hybridized carbons (Fsp3) is 0.417. The fourth-order valence-electron chi connectivity index (χ4n) is 1.33. The SMILES string of the molecule is CCCNC(=O)Cc1ccc(OC)c(Br)c1. The number of amides is 1. The van der Waals surface area contributed by atoms with Gasteiger partial charge in [-0.05, 0) is 40.0 Å². The number of methoxy groups -OCH3 is 1. The first-order valence-electron chi connectivity index (χ1n) is 5.26. The van der Waals surface area contributed by atoms with E-state index in [4.69, 9.17) is 4.74 Å². The predicted octanol–water partition coefficient (Wildman–Crippen LogP) is 2.53. The van der Waals surface area contributed by atoms with Crippen LogP contribution in [-0.2, 0) is 11.2 Å². The molecule has 1 N–H and O–H groups in total. The van der Waals surface area contributed by atoms with E-state index in [1.807, 2.05) is 25.1 Å². The molecule has 0 heterocycles. The Morgan fingerprint density at radius 1 is 1.50 bits per heavy atom. The molecule has 0 atom stereocenters. The molecular formula is C12H16BrNO2. The molecule has 0 aromatic heterocycles. The standard InChI is InChI=1S/C12H16BrNO2/c1-3-6-14-12(15)8-9-4-5-11(16-2)10(13)7-9/h4-5,7H,3,6,8H2,1-2H3,(H,14,15). The Bertz CT molecular complexity index is 366. The second kappa shape index (κ2) is 6.53. The highest BCUT2D eigenvalue weighted by Crippen LogP contribution is 2.25. The summed E-state index contributed by atoms with van der Waals surface area (Å²) in [7, 11) is 1.62. The van der Waals surface area contributed by atoms with Crippen molar-refractivity contribution in [3.63, 3.8) is 0 Å². The van der Waals surface area contributed by atoms with Gasteiger partial charge in [0.2, 0.25) is 5.91 Å². The number of ether oxygens (including phenoxy) is 1. The summed E-state index contributed by atoms with van der Waals surface area (Å²) < 4.78 is 5.99. The molecule has 1 aromatic rings. The van der Waals surface area contributed by atoms with Gasteiger partial charge in [-0.25, -0.2) is 0 Å². The van der Waals surface area contributed by atoms with Crippen molar-refractivity contribution in [3.05, 3.63) is 28.2 Å². The van der Waals surface area contributed by atoms with Crippen LogP contribution in [0.1, 0.15) is 18.9 Å². The van der Waals surface area contributed by atoms with E-state index in [0.717, 1.165) is 28.8 Å². The van der Waals surface area contributed by atoms with Crippen molar-refractivity contribution in [1.29, 1.82) is 0 Å². The second-order valence-corrected chi connectivity index (χ2v) is 4.35. The Morgan fingerprint density at radius 3 is 2.81 bits per heavy atom. The zero-order valence-corrected chi connectivity index (χ0v) is 11.1. The number of hydrogen-bond acceptors (Lipinski definition) is 2. The van der Waals surface area contributed by atoms with Crippen molar-refractivity contribution in [3.8, 4) is 5.75 Å². The first kappa shape index (κ1) is 13.0. The van der Waals surface area contributed by atoms with E-state index < -0.39 is 0 Å². The summed E-state index contributed by atoms with van der Waals surface area (Å²) in [6, 6.07) is 5.66. The molecule has 0 aliphatic heterocycles. The Hall–Kier alpha value is -1.03. The highest BCUT2D eigenvalue weighted by Gasteiger charge is 2.05. The third kappa shape index (κ3) is 3.85. The minimum absolute atomic E-state index is 0.0546. The van der Waals surface area contributed by atoms with Crippen LogP contribution in [0.2, 0.25) is 0 Å². The van der Waals surface area contributed by atoms with Gasteiger partial charge in [0.1, 0.15) is 5.75 Å². The van der Waals surface area contributed by atoms with Crippen LogP contribution in [0.15, 0.2) is 22.7 Å². The van der Waals surface area contributed by atoms with E-state index >= 15 is 0 Å². The lowest BCUT2D eigenvalue weighted by molar-refractivity contribution is -0.120. The van der Waals surface area contributed by atoms with Gasteiger partial charge in [0.25, 0.3) is 0 Å². The summed E-state index contributed by atoms with van der Waals surface area (Å²) in [4.78, 5) is 11.5. The van der Waals surface area contributed by atoms with Gasteiger partial charge in [-0.2, -0.15) is 0 Å². The third-order valence-electron chi connectivity index (χ3n) is 2.15. The Morgan fingerprint density at radius 2 is 2.25 bits per heavy atom. The van der Waals surface area contributed by atoms with E-state index in [2.05, 4.69) is 21.2 Å². The van der Waals surface area contributed by atoms with Crippen molar-refractivity contribution >= 4 is 21.8 Å². The van der Waals surface area contributed by atoms with E-state index in [1.165, 1.54) is 0 Å². The van der Waals surface area contributed by atoms with E-state index in [0.29, 0.717) is 6.42 Å². The first-order chi connectivity index (χ1) is 7.67. The number of carbonyl (C=O) groups excluding carboxylic acids is 1. The van der Waals surface area contributed by atoms with Gasteiger partial charge >= 0.3 is 0 Å². The zero-order valence-electron chi connectivity index (χ0n) is 9.55. The van der Waals surface area contributed by atoms with Gasteiger partial charge in [-0.1, -0.05) is 13.0 Å². The first-order valence-corrected chi connectivity index (χ1v) is 6.05. The number of hydrogen-bond donors (Lipinski definition) is 1. The predicted molar refractivity (Wildman–Crippen MR) is 67.7 cm³/mol. The van der Waals surface area contributed by atoms with E-state index in [-0.39, 0.29) is 5.91 Å². The number of rotatable bonds is 5. The monoisotopic (exact) mass is 285 g/mol. The van der Waals surface area contributed by atoms with Gasteiger partial charge in [0, 0.05) is 6.54 Å². The van der Waals surface area contributed by atoms with Crippen LogP contribution in [-0.4, -0.2) is 19.6 Å². The van der Waals surface area contributed by atoms with Crippen molar-refractivity contribution < 1.29 is 9.53 Å². The summed E-state index contributed by atoms with van der Waals surface area (Å²) in [5.41, 5.74) is 0.973. The summed E-state index contributed by atoms with van der Waals surface area (Å²) >= 11 is 3.39. The minimum atomic E-state index is 0.0546. The third-order valence-corrected chi connectivity index (χ3v) is 2.77. The molecule has 0 bridgehead atoms. The van der Waals surface area contributed by atoms with Crippen LogP contribution < -0.4 is 10.1 Å². The van der Waals surface area contributed by atoms with Gasteiger partial charge in [0.15, 0.2) is 0 Å². The molecule has 0 fully saturated rings. The summed E-state index contributed by atoms with van der Waals surface area (Å²) in [6.45, 7) is 2.76. The Balaban J connectivity index is 2.61. The molecule has 1 amide bonds. The number of halogens is 1.